The van der Waals surface area contributed by atoms with Gasteiger partial charge in [-0.3, -0.25) is 0 Å². The summed E-state index contributed by atoms with van der Waals surface area (Å²) in [5.74, 6) is -1.05. The normalized spacial score (nSPS) is 12.4. The van der Waals surface area contributed by atoms with E-state index in [9.17, 15) is 8.78 Å². The summed E-state index contributed by atoms with van der Waals surface area (Å²) in [7, 11) is 0. The van der Waals surface area contributed by atoms with Crippen molar-refractivity contribution in [3.8, 4) is 0 Å². The fourth-order valence-corrected chi connectivity index (χ4v) is 2.49. The van der Waals surface area contributed by atoms with Gasteiger partial charge in [-0.2, -0.15) is 0 Å². The van der Waals surface area contributed by atoms with Crippen LogP contribution in [0.4, 0.5) is 8.78 Å². The molecule has 1 unspecified atom stereocenters. The summed E-state index contributed by atoms with van der Waals surface area (Å²) in [6.07, 6.45) is 0.818. The molecule has 3 heteroatoms. The molecule has 0 fully saturated rings. The molecule has 2 aromatic carbocycles. The molecule has 0 aliphatic carbocycles. The molecule has 0 aliphatic heterocycles. The monoisotopic (exact) mass is 275 g/mol. The van der Waals surface area contributed by atoms with Crippen LogP contribution in [-0.4, -0.2) is 6.04 Å². The molecule has 1 nitrogen and oxygen atoms in total. The molecule has 20 heavy (non-hydrogen) atoms. The number of nitrogens with two attached hydrogens (primary N) is 1. The van der Waals surface area contributed by atoms with Crippen LogP contribution in [0.2, 0.25) is 0 Å². The van der Waals surface area contributed by atoms with Gasteiger partial charge in [0.05, 0.1) is 0 Å². The van der Waals surface area contributed by atoms with E-state index >= 15 is 0 Å². The highest BCUT2D eigenvalue weighted by Gasteiger charge is 2.14. The average Bonchev–Trinajstić information content (AvgIpc) is 2.39. The maximum Gasteiger partial charge on any atom is 0.129 e. The summed E-state index contributed by atoms with van der Waals surface area (Å²) in [5.41, 5.74) is 9.64. The van der Waals surface area contributed by atoms with Gasteiger partial charge in [-0.1, -0.05) is 24.3 Å². The van der Waals surface area contributed by atoms with E-state index in [4.69, 9.17) is 5.73 Å². The molecule has 0 aromatic heterocycles. The number of hydrogen-bond donors (Lipinski definition) is 1. The highest BCUT2D eigenvalue weighted by molar-refractivity contribution is 5.34. The maximum absolute atomic E-state index is 13.6. The lowest BCUT2D eigenvalue weighted by molar-refractivity contribution is 0.533. The van der Waals surface area contributed by atoms with Gasteiger partial charge in [-0.05, 0) is 55.5 Å². The third-order valence-electron chi connectivity index (χ3n) is 3.64. The minimum absolute atomic E-state index is 0.0752. The fourth-order valence-electron chi connectivity index (χ4n) is 2.49. The summed E-state index contributed by atoms with van der Waals surface area (Å²) in [6, 6.07) is 9.65. The Hall–Kier alpha value is -1.74. The molecule has 106 valence electrons. The van der Waals surface area contributed by atoms with Crippen LogP contribution in [0.5, 0.6) is 0 Å². The van der Waals surface area contributed by atoms with Crippen molar-refractivity contribution < 1.29 is 8.78 Å². The zero-order chi connectivity index (χ0) is 14.7. The predicted molar refractivity (Wildman–Crippen MR) is 77.7 cm³/mol. The third kappa shape index (κ3) is 3.23. The van der Waals surface area contributed by atoms with Gasteiger partial charge in [0.2, 0.25) is 0 Å². The zero-order valence-corrected chi connectivity index (χ0v) is 11.8. The van der Waals surface area contributed by atoms with Crippen molar-refractivity contribution in [2.24, 2.45) is 5.73 Å². The first-order valence-corrected chi connectivity index (χ1v) is 6.72. The van der Waals surface area contributed by atoms with Gasteiger partial charge >= 0.3 is 0 Å². The highest BCUT2D eigenvalue weighted by Crippen LogP contribution is 2.18. The second-order valence-corrected chi connectivity index (χ2v) is 5.24. The van der Waals surface area contributed by atoms with E-state index in [2.05, 4.69) is 0 Å². The Bertz CT molecular complexity index is 514. The standard InChI is InChI=1S/C17H19F2N/c1-11-5-3-6-12(2)14(11)9-13(20)10-15-16(18)7-4-8-17(15)19/h3-8,13H,9-10,20H2,1-2H3. The first-order chi connectivity index (χ1) is 9.49. The molecule has 2 rings (SSSR count). The van der Waals surface area contributed by atoms with Crippen LogP contribution in [0.25, 0.3) is 0 Å². The van der Waals surface area contributed by atoms with Gasteiger partial charge in [-0.25, -0.2) is 8.78 Å². The van der Waals surface area contributed by atoms with Crippen molar-refractivity contribution in [3.05, 3.63) is 70.3 Å². The fraction of sp³-hybridized carbons (Fsp3) is 0.294. The van der Waals surface area contributed by atoms with Crippen molar-refractivity contribution >= 4 is 0 Å². The Morgan fingerprint density at radius 2 is 1.30 bits per heavy atom. The Morgan fingerprint density at radius 3 is 1.85 bits per heavy atom. The van der Waals surface area contributed by atoms with Crippen molar-refractivity contribution in [3.63, 3.8) is 0 Å². The predicted octanol–water partition coefficient (Wildman–Crippen LogP) is 3.69. The van der Waals surface area contributed by atoms with Crippen LogP contribution >= 0.6 is 0 Å². The van der Waals surface area contributed by atoms with E-state index in [-0.39, 0.29) is 18.0 Å². The van der Waals surface area contributed by atoms with Crippen LogP contribution in [0.1, 0.15) is 22.3 Å². The molecule has 0 saturated heterocycles. The summed E-state index contributed by atoms with van der Waals surface area (Å²) in [5, 5.41) is 0. The van der Waals surface area contributed by atoms with E-state index in [1.165, 1.54) is 18.2 Å². The lowest BCUT2D eigenvalue weighted by Gasteiger charge is -2.16. The number of aryl methyl sites for hydroxylation is 2. The minimum atomic E-state index is -0.526. The summed E-state index contributed by atoms with van der Waals surface area (Å²) in [4.78, 5) is 0. The Balaban J connectivity index is 2.15. The van der Waals surface area contributed by atoms with E-state index in [0.717, 1.165) is 16.7 Å². The van der Waals surface area contributed by atoms with Crippen molar-refractivity contribution in [2.45, 2.75) is 32.7 Å². The molecule has 0 spiro atoms. The Morgan fingerprint density at radius 1 is 0.850 bits per heavy atom. The molecule has 1 atom stereocenters. The van der Waals surface area contributed by atoms with E-state index in [0.29, 0.717) is 6.42 Å². The average molecular weight is 275 g/mol. The molecule has 0 bridgehead atoms. The first-order valence-electron chi connectivity index (χ1n) is 6.72. The molecule has 2 aromatic rings. The first kappa shape index (κ1) is 14.7. The number of halogens is 2. The molecular weight excluding hydrogens is 256 g/mol. The number of hydrogen-bond acceptors (Lipinski definition) is 1. The largest absolute Gasteiger partial charge is 0.327 e. The second-order valence-electron chi connectivity index (χ2n) is 5.24. The Labute approximate surface area is 118 Å². The second kappa shape index (κ2) is 6.14. The van der Waals surface area contributed by atoms with Crippen LogP contribution < -0.4 is 5.73 Å². The lowest BCUT2D eigenvalue weighted by Crippen LogP contribution is -2.27. The highest BCUT2D eigenvalue weighted by atomic mass is 19.1. The van der Waals surface area contributed by atoms with E-state index < -0.39 is 11.6 Å². The molecule has 0 saturated carbocycles. The number of benzene rings is 2. The molecule has 0 heterocycles. The molecule has 0 amide bonds. The summed E-state index contributed by atoms with van der Waals surface area (Å²) in [6.45, 7) is 4.05. The van der Waals surface area contributed by atoms with Crippen molar-refractivity contribution in [2.75, 3.05) is 0 Å². The summed E-state index contributed by atoms with van der Waals surface area (Å²) < 4.78 is 27.2. The third-order valence-corrected chi connectivity index (χ3v) is 3.64. The molecule has 0 radical (unpaired) electrons. The number of rotatable bonds is 4. The van der Waals surface area contributed by atoms with Crippen LogP contribution in [-0.2, 0) is 12.8 Å². The van der Waals surface area contributed by atoms with E-state index in [1.807, 2.05) is 32.0 Å². The van der Waals surface area contributed by atoms with Gasteiger partial charge in [0, 0.05) is 11.6 Å². The lowest BCUT2D eigenvalue weighted by atomic mass is 9.93. The minimum Gasteiger partial charge on any atom is -0.327 e. The smallest absolute Gasteiger partial charge is 0.129 e. The SMILES string of the molecule is Cc1cccc(C)c1CC(N)Cc1c(F)cccc1F. The maximum atomic E-state index is 13.6. The molecular formula is C17H19F2N. The topological polar surface area (TPSA) is 26.0 Å². The molecule has 2 N–H and O–H groups in total. The van der Waals surface area contributed by atoms with Gasteiger partial charge in [-0.15, -0.1) is 0 Å². The van der Waals surface area contributed by atoms with Crippen LogP contribution in [0.15, 0.2) is 36.4 Å². The Kier molecular flexibility index (Phi) is 4.50. The zero-order valence-electron chi connectivity index (χ0n) is 11.8. The van der Waals surface area contributed by atoms with Crippen LogP contribution in [0.3, 0.4) is 0 Å². The quantitative estimate of drug-likeness (QED) is 0.904. The van der Waals surface area contributed by atoms with Gasteiger partial charge in [0.15, 0.2) is 0 Å². The van der Waals surface area contributed by atoms with Gasteiger partial charge in [0.25, 0.3) is 0 Å². The van der Waals surface area contributed by atoms with Crippen LogP contribution in [0, 0.1) is 25.5 Å². The molecule has 0 aliphatic rings. The van der Waals surface area contributed by atoms with Crippen molar-refractivity contribution in [1.82, 2.24) is 0 Å². The van der Waals surface area contributed by atoms with Gasteiger partial charge in [0.1, 0.15) is 11.6 Å². The van der Waals surface area contributed by atoms with Crippen molar-refractivity contribution in [1.29, 1.82) is 0 Å². The van der Waals surface area contributed by atoms with E-state index in [1.54, 1.807) is 0 Å². The summed E-state index contributed by atoms with van der Waals surface area (Å²) >= 11 is 0. The van der Waals surface area contributed by atoms with Gasteiger partial charge < -0.3 is 5.73 Å².